The number of aryl methyl sites for hydroxylation is 3. The van der Waals surface area contributed by atoms with E-state index in [-0.39, 0.29) is 17.2 Å². The predicted octanol–water partition coefficient (Wildman–Crippen LogP) is 4.02. The van der Waals surface area contributed by atoms with E-state index in [2.05, 4.69) is 21.5 Å². The van der Waals surface area contributed by atoms with Crippen molar-refractivity contribution in [3.05, 3.63) is 75.7 Å². The summed E-state index contributed by atoms with van der Waals surface area (Å²) in [4.78, 5) is 30.7. The third-order valence-corrected chi connectivity index (χ3v) is 6.28. The van der Waals surface area contributed by atoms with E-state index in [4.69, 9.17) is 4.74 Å². The second-order valence-electron chi connectivity index (χ2n) is 8.07. The van der Waals surface area contributed by atoms with Crippen molar-refractivity contribution in [3.63, 3.8) is 0 Å². The van der Waals surface area contributed by atoms with Crippen molar-refractivity contribution in [2.45, 2.75) is 39.0 Å². The Hall–Kier alpha value is -3.59. The summed E-state index contributed by atoms with van der Waals surface area (Å²) in [5.74, 6) is 0.698. The van der Waals surface area contributed by atoms with Crippen LogP contribution in [-0.4, -0.2) is 38.1 Å². The highest BCUT2D eigenvalue weighted by molar-refractivity contribution is 7.99. The Kier molecular flexibility index (Phi) is 7.02. The summed E-state index contributed by atoms with van der Waals surface area (Å²) in [6, 6.07) is 13.4. The number of nitrogens with zero attached hydrogens (tertiary/aromatic N) is 4. The molecule has 0 aliphatic heterocycles. The zero-order valence-corrected chi connectivity index (χ0v) is 20.5. The SMILES string of the molecule is CCn1cc2nc(SCC(=O)Nc3cc(C)cc(C)c3)n(Cc3ccc(OC)cc3)c(=O)c2n1. The van der Waals surface area contributed by atoms with Crippen LogP contribution in [-0.2, 0) is 17.9 Å². The van der Waals surface area contributed by atoms with Crippen molar-refractivity contribution in [2.75, 3.05) is 18.2 Å². The number of methoxy groups -OCH3 is 1. The van der Waals surface area contributed by atoms with Crippen LogP contribution in [0.1, 0.15) is 23.6 Å². The van der Waals surface area contributed by atoms with E-state index in [1.165, 1.54) is 11.8 Å². The monoisotopic (exact) mass is 477 g/mol. The van der Waals surface area contributed by atoms with Crippen LogP contribution >= 0.6 is 11.8 Å². The molecule has 0 unspecified atom stereocenters. The number of carbonyl (C=O) groups excluding carboxylic acids is 1. The molecule has 0 atom stereocenters. The molecule has 34 heavy (non-hydrogen) atoms. The molecule has 2 aromatic carbocycles. The van der Waals surface area contributed by atoms with Gasteiger partial charge >= 0.3 is 0 Å². The van der Waals surface area contributed by atoms with Gasteiger partial charge in [0.2, 0.25) is 5.91 Å². The first-order valence-corrected chi connectivity index (χ1v) is 12.0. The van der Waals surface area contributed by atoms with Gasteiger partial charge in [0.15, 0.2) is 10.7 Å². The number of hydrogen-bond donors (Lipinski definition) is 1. The number of ether oxygens (including phenoxy) is 1. The van der Waals surface area contributed by atoms with E-state index in [0.29, 0.717) is 29.3 Å². The lowest BCUT2D eigenvalue weighted by Crippen LogP contribution is -2.25. The summed E-state index contributed by atoms with van der Waals surface area (Å²) in [5, 5.41) is 7.79. The molecule has 2 heterocycles. The lowest BCUT2D eigenvalue weighted by molar-refractivity contribution is -0.113. The van der Waals surface area contributed by atoms with Crippen LogP contribution in [0, 0.1) is 13.8 Å². The first kappa shape index (κ1) is 23.6. The molecule has 2 aromatic heterocycles. The van der Waals surface area contributed by atoms with Crippen LogP contribution in [0.4, 0.5) is 5.69 Å². The summed E-state index contributed by atoms with van der Waals surface area (Å²) < 4.78 is 8.49. The van der Waals surface area contributed by atoms with E-state index < -0.39 is 0 Å². The highest BCUT2D eigenvalue weighted by Crippen LogP contribution is 2.21. The number of nitrogens with one attached hydrogen (secondary N) is 1. The number of rotatable bonds is 8. The number of aromatic nitrogens is 4. The largest absolute Gasteiger partial charge is 0.497 e. The highest BCUT2D eigenvalue weighted by Gasteiger charge is 2.17. The Labute approximate surface area is 202 Å². The number of carbonyl (C=O) groups is 1. The second-order valence-corrected chi connectivity index (χ2v) is 9.01. The fraction of sp³-hybridized carbons (Fsp3) is 0.280. The Morgan fingerprint density at radius 1 is 1.12 bits per heavy atom. The van der Waals surface area contributed by atoms with Crippen LogP contribution in [0.2, 0.25) is 0 Å². The molecule has 1 N–H and O–H groups in total. The molecule has 4 rings (SSSR count). The number of thioether (sulfide) groups is 1. The van der Waals surface area contributed by atoms with Gasteiger partial charge in [-0.15, -0.1) is 0 Å². The van der Waals surface area contributed by atoms with Crippen LogP contribution in [0.15, 0.2) is 58.6 Å². The minimum Gasteiger partial charge on any atom is -0.497 e. The molecule has 8 nitrogen and oxygen atoms in total. The summed E-state index contributed by atoms with van der Waals surface area (Å²) in [5.41, 5.74) is 4.44. The first-order valence-electron chi connectivity index (χ1n) is 11.0. The summed E-state index contributed by atoms with van der Waals surface area (Å²) >= 11 is 1.23. The number of hydrogen-bond acceptors (Lipinski definition) is 6. The van der Waals surface area contributed by atoms with Crippen LogP contribution in [0.3, 0.4) is 0 Å². The molecule has 176 valence electrons. The van der Waals surface area contributed by atoms with Gasteiger partial charge in [-0.3, -0.25) is 18.8 Å². The van der Waals surface area contributed by atoms with Crippen molar-refractivity contribution in [1.29, 1.82) is 0 Å². The van der Waals surface area contributed by atoms with E-state index in [9.17, 15) is 9.59 Å². The Bertz CT molecular complexity index is 1370. The highest BCUT2D eigenvalue weighted by atomic mass is 32.2. The van der Waals surface area contributed by atoms with Gasteiger partial charge in [0.1, 0.15) is 11.3 Å². The third-order valence-electron chi connectivity index (χ3n) is 5.30. The molecular weight excluding hydrogens is 450 g/mol. The fourth-order valence-corrected chi connectivity index (χ4v) is 4.52. The van der Waals surface area contributed by atoms with Gasteiger partial charge in [0.25, 0.3) is 5.56 Å². The average molecular weight is 478 g/mol. The quantitative estimate of drug-likeness (QED) is 0.305. The van der Waals surface area contributed by atoms with Crippen LogP contribution < -0.4 is 15.6 Å². The van der Waals surface area contributed by atoms with Gasteiger partial charge in [-0.05, 0) is 61.7 Å². The van der Waals surface area contributed by atoms with Gasteiger partial charge in [0, 0.05) is 12.2 Å². The molecule has 0 radical (unpaired) electrons. The third kappa shape index (κ3) is 5.31. The zero-order chi connectivity index (χ0) is 24.2. The van der Waals surface area contributed by atoms with Crippen molar-refractivity contribution in [2.24, 2.45) is 0 Å². The molecule has 0 aliphatic carbocycles. The molecule has 1 amide bonds. The Morgan fingerprint density at radius 3 is 2.47 bits per heavy atom. The maximum absolute atomic E-state index is 13.3. The van der Waals surface area contributed by atoms with Gasteiger partial charge < -0.3 is 10.1 Å². The van der Waals surface area contributed by atoms with Crippen molar-refractivity contribution >= 4 is 34.4 Å². The molecule has 0 saturated heterocycles. The molecule has 0 spiro atoms. The number of amides is 1. The topological polar surface area (TPSA) is 91.0 Å². The van der Waals surface area contributed by atoms with Crippen molar-refractivity contribution in [3.8, 4) is 5.75 Å². The molecular formula is C25H27N5O3S. The number of benzene rings is 2. The first-order chi connectivity index (χ1) is 16.4. The smallest absolute Gasteiger partial charge is 0.282 e. The molecule has 0 saturated carbocycles. The van der Waals surface area contributed by atoms with E-state index in [0.717, 1.165) is 28.1 Å². The molecule has 4 aromatic rings. The van der Waals surface area contributed by atoms with E-state index >= 15 is 0 Å². The molecule has 0 fully saturated rings. The second kappa shape index (κ2) is 10.1. The molecule has 0 aliphatic rings. The number of fused-ring (bicyclic) bond motifs is 1. The summed E-state index contributed by atoms with van der Waals surface area (Å²) in [6.07, 6.45) is 1.76. The maximum atomic E-state index is 13.3. The van der Waals surface area contributed by atoms with Gasteiger partial charge in [-0.1, -0.05) is 30.0 Å². The summed E-state index contributed by atoms with van der Waals surface area (Å²) in [6.45, 7) is 6.88. The Morgan fingerprint density at radius 2 is 1.82 bits per heavy atom. The van der Waals surface area contributed by atoms with Gasteiger partial charge in [0.05, 0.1) is 25.6 Å². The average Bonchev–Trinajstić information content (AvgIpc) is 3.23. The normalized spacial score (nSPS) is 11.1. The van der Waals surface area contributed by atoms with E-state index in [1.54, 1.807) is 22.6 Å². The zero-order valence-electron chi connectivity index (χ0n) is 19.7. The van der Waals surface area contributed by atoms with E-state index in [1.807, 2.05) is 57.2 Å². The van der Waals surface area contributed by atoms with Gasteiger partial charge in [-0.25, -0.2) is 4.98 Å². The minimum absolute atomic E-state index is 0.120. The van der Waals surface area contributed by atoms with Crippen molar-refractivity contribution in [1.82, 2.24) is 19.3 Å². The fourth-order valence-electron chi connectivity index (χ4n) is 3.72. The molecule has 0 bridgehead atoms. The number of anilines is 1. The summed E-state index contributed by atoms with van der Waals surface area (Å²) in [7, 11) is 1.61. The lowest BCUT2D eigenvalue weighted by atomic mass is 10.1. The lowest BCUT2D eigenvalue weighted by Gasteiger charge is -2.12. The minimum atomic E-state index is -0.231. The Balaban J connectivity index is 1.61. The predicted molar refractivity (Wildman–Crippen MR) is 135 cm³/mol. The van der Waals surface area contributed by atoms with Gasteiger partial charge in [-0.2, -0.15) is 5.10 Å². The molecule has 9 heteroatoms. The van der Waals surface area contributed by atoms with Crippen LogP contribution in [0.5, 0.6) is 5.75 Å². The van der Waals surface area contributed by atoms with Crippen LogP contribution in [0.25, 0.3) is 11.0 Å². The maximum Gasteiger partial charge on any atom is 0.282 e. The standard InChI is InChI=1S/C25H27N5O3S/c1-5-29-14-21-23(28-29)24(32)30(13-18-6-8-20(33-4)9-7-18)25(27-21)34-15-22(31)26-19-11-16(2)10-17(3)12-19/h6-12,14H,5,13,15H2,1-4H3,(H,26,31). The van der Waals surface area contributed by atoms with Crippen molar-refractivity contribution < 1.29 is 9.53 Å².